The van der Waals surface area contributed by atoms with Gasteiger partial charge in [-0.1, -0.05) is 0 Å². The van der Waals surface area contributed by atoms with Gasteiger partial charge in [0.25, 0.3) is 0 Å². The summed E-state index contributed by atoms with van der Waals surface area (Å²) in [5, 5.41) is 26.6. The van der Waals surface area contributed by atoms with Crippen LogP contribution in [-0.4, -0.2) is 35.2 Å². The number of likely N-dealkylation sites (tertiary alicyclic amines) is 1. The van der Waals surface area contributed by atoms with E-state index in [9.17, 15) is 5.11 Å². The van der Waals surface area contributed by atoms with Crippen LogP contribution in [0.3, 0.4) is 0 Å². The molecule has 0 aromatic heterocycles. The van der Waals surface area contributed by atoms with Crippen LogP contribution in [0.4, 0.5) is 0 Å². The first-order chi connectivity index (χ1) is 6.20. The maximum Gasteiger partial charge on any atom is 0.153 e. The standard InChI is InChI=1S/C9H13N3O/c10-4-1-5-12-6-2-9(13,8-11)3-7-12/h13H,1-3,5-7H2. The fourth-order valence-corrected chi connectivity index (χ4v) is 1.47. The van der Waals surface area contributed by atoms with Gasteiger partial charge in [0.15, 0.2) is 5.60 Å². The minimum absolute atomic E-state index is 0.495. The second-order valence-corrected chi connectivity index (χ2v) is 3.39. The van der Waals surface area contributed by atoms with Crippen LogP contribution in [0.2, 0.25) is 0 Å². The summed E-state index contributed by atoms with van der Waals surface area (Å²) in [6.07, 6.45) is 1.51. The maximum atomic E-state index is 9.57. The Morgan fingerprint density at radius 1 is 1.31 bits per heavy atom. The average Bonchev–Trinajstić information content (AvgIpc) is 2.17. The van der Waals surface area contributed by atoms with Gasteiger partial charge in [-0.15, -0.1) is 0 Å². The SMILES string of the molecule is N#CCCN1CCC(O)(C#N)CC1. The first-order valence-corrected chi connectivity index (χ1v) is 4.43. The predicted molar refractivity (Wildman–Crippen MR) is 46.5 cm³/mol. The zero-order valence-electron chi connectivity index (χ0n) is 7.53. The highest BCUT2D eigenvalue weighted by Gasteiger charge is 2.31. The lowest BCUT2D eigenvalue weighted by Crippen LogP contribution is -2.43. The monoisotopic (exact) mass is 179 g/mol. The Morgan fingerprint density at radius 3 is 2.38 bits per heavy atom. The molecule has 0 amide bonds. The Bertz CT molecular complexity index is 243. The highest BCUT2D eigenvalue weighted by Crippen LogP contribution is 2.20. The summed E-state index contributed by atoms with van der Waals surface area (Å²) < 4.78 is 0. The van der Waals surface area contributed by atoms with Crippen molar-refractivity contribution in [1.29, 1.82) is 10.5 Å². The molecule has 1 heterocycles. The molecule has 1 aliphatic rings. The van der Waals surface area contributed by atoms with Crippen LogP contribution >= 0.6 is 0 Å². The molecule has 1 rings (SSSR count). The highest BCUT2D eigenvalue weighted by molar-refractivity contribution is 5.03. The highest BCUT2D eigenvalue weighted by atomic mass is 16.3. The summed E-state index contributed by atoms with van der Waals surface area (Å²) in [6.45, 7) is 2.18. The van der Waals surface area contributed by atoms with E-state index in [1.807, 2.05) is 6.07 Å². The van der Waals surface area contributed by atoms with Crippen LogP contribution in [0.5, 0.6) is 0 Å². The summed E-state index contributed by atoms with van der Waals surface area (Å²) in [6, 6.07) is 4.00. The quantitative estimate of drug-likeness (QED) is 0.617. The fraction of sp³-hybridized carbons (Fsp3) is 0.778. The van der Waals surface area contributed by atoms with Crippen molar-refractivity contribution >= 4 is 0 Å². The molecule has 13 heavy (non-hydrogen) atoms. The zero-order valence-corrected chi connectivity index (χ0v) is 7.53. The van der Waals surface area contributed by atoms with Crippen molar-refractivity contribution in [2.75, 3.05) is 19.6 Å². The molecule has 1 saturated heterocycles. The van der Waals surface area contributed by atoms with Crippen molar-refractivity contribution in [1.82, 2.24) is 4.90 Å². The lowest BCUT2D eigenvalue weighted by molar-refractivity contribution is 0.0261. The molecule has 0 aromatic carbocycles. The van der Waals surface area contributed by atoms with E-state index in [0.29, 0.717) is 32.4 Å². The molecule has 0 spiro atoms. The van der Waals surface area contributed by atoms with E-state index in [4.69, 9.17) is 10.5 Å². The third-order valence-electron chi connectivity index (χ3n) is 2.43. The van der Waals surface area contributed by atoms with Crippen molar-refractivity contribution in [2.24, 2.45) is 0 Å². The molecular weight excluding hydrogens is 166 g/mol. The van der Waals surface area contributed by atoms with Crippen LogP contribution in [0.25, 0.3) is 0 Å². The number of nitriles is 2. The maximum absolute atomic E-state index is 9.57. The van der Waals surface area contributed by atoms with E-state index in [-0.39, 0.29) is 0 Å². The summed E-state index contributed by atoms with van der Waals surface area (Å²) >= 11 is 0. The van der Waals surface area contributed by atoms with Gasteiger partial charge in [-0.05, 0) is 0 Å². The van der Waals surface area contributed by atoms with Gasteiger partial charge in [0.05, 0.1) is 12.1 Å². The third-order valence-corrected chi connectivity index (χ3v) is 2.43. The van der Waals surface area contributed by atoms with Gasteiger partial charge in [-0.25, -0.2) is 0 Å². The molecule has 1 fully saturated rings. The van der Waals surface area contributed by atoms with Gasteiger partial charge in [0.1, 0.15) is 0 Å². The molecule has 1 aliphatic heterocycles. The molecule has 0 radical (unpaired) electrons. The molecule has 70 valence electrons. The Labute approximate surface area is 78.0 Å². The average molecular weight is 179 g/mol. The lowest BCUT2D eigenvalue weighted by Gasteiger charge is -2.33. The second kappa shape index (κ2) is 4.23. The number of piperidine rings is 1. The van der Waals surface area contributed by atoms with E-state index in [1.165, 1.54) is 0 Å². The van der Waals surface area contributed by atoms with Gasteiger partial charge >= 0.3 is 0 Å². The summed E-state index contributed by atoms with van der Waals surface area (Å²) in [7, 11) is 0. The van der Waals surface area contributed by atoms with Crippen LogP contribution in [0, 0.1) is 22.7 Å². The number of hydrogen-bond acceptors (Lipinski definition) is 4. The minimum atomic E-state index is -1.12. The first-order valence-electron chi connectivity index (χ1n) is 4.43. The number of hydrogen-bond donors (Lipinski definition) is 1. The Morgan fingerprint density at radius 2 is 1.92 bits per heavy atom. The summed E-state index contributed by atoms with van der Waals surface area (Å²) in [5.41, 5.74) is -1.12. The molecule has 4 nitrogen and oxygen atoms in total. The second-order valence-electron chi connectivity index (χ2n) is 3.39. The fourth-order valence-electron chi connectivity index (χ4n) is 1.47. The Kier molecular flexibility index (Phi) is 3.25. The molecule has 0 bridgehead atoms. The van der Waals surface area contributed by atoms with Gasteiger partial charge in [-0.2, -0.15) is 10.5 Å². The van der Waals surface area contributed by atoms with E-state index in [1.54, 1.807) is 0 Å². The predicted octanol–water partition coefficient (Wildman–Crippen LogP) is 0.251. The molecule has 0 aliphatic carbocycles. The molecule has 1 N–H and O–H groups in total. The Hall–Kier alpha value is -1.10. The van der Waals surface area contributed by atoms with Crippen molar-refractivity contribution in [2.45, 2.75) is 24.9 Å². The van der Waals surface area contributed by atoms with E-state index < -0.39 is 5.60 Å². The molecular formula is C9H13N3O. The van der Waals surface area contributed by atoms with E-state index in [2.05, 4.69) is 11.0 Å². The van der Waals surface area contributed by atoms with Gasteiger partial charge < -0.3 is 10.0 Å². The van der Waals surface area contributed by atoms with Gasteiger partial charge in [-0.3, -0.25) is 0 Å². The van der Waals surface area contributed by atoms with Crippen molar-refractivity contribution in [3.05, 3.63) is 0 Å². The van der Waals surface area contributed by atoms with Crippen LogP contribution < -0.4 is 0 Å². The molecule has 4 heteroatoms. The Balaban J connectivity index is 2.32. The smallest absolute Gasteiger partial charge is 0.153 e. The van der Waals surface area contributed by atoms with Crippen molar-refractivity contribution in [3.8, 4) is 12.1 Å². The molecule has 0 aromatic rings. The van der Waals surface area contributed by atoms with E-state index in [0.717, 1.165) is 6.54 Å². The molecule has 0 saturated carbocycles. The zero-order chi connectivity index (χ0) is 9.73. The topological polar surface area (TPSA) is 71.1 Å². The molecule has 0 unspecified atom stereocenters. The van der Waals surface area contributed by atoms with Crippen LogP contribution in [0.1, 0.15) is 19.3 Å². The van der Waals surface area contributed by atoms with Crippen LogP contribution in [-0.2, 0) is 0 Å². The van der Waals surface area contributed by atoms with Gasteiger partial charge in [0.2, 0.25) is 0 Å². The van der Waals surface area contributed by atoms with Crippen molar-refractivity contribution < 1.29 is 5.11 Å². The number of aliphatic hydroxyl groups is 1. The third kappa shape index (κ3) is 2.69. The van der Waals surface area contributed by atoms with E-state index >= 15 is 0 Å². The normalized spacial score (nSPS) is 21.8. The largest absolute Gasteiger partial charge is 0.375 e. The first kappa shape index (κ1) is 9.98. The molecule has 0 atom stereocenters. The minimum Gasteiger partial charge on any atom is -0.375 e. The van der Waals surface area contributed by atoms with Crippen molar-refractivity contribution in [3.63, 3.8) is 0 Å². The summed E-state index contributed by atoms with van der Waals surface area (Å²) in [5.74, 6) is 0. The van der Waals surface area contributed by atoms with Gasteiger partial charge in [0, 0.05) is 38.9 Å². The summed E-state index contributed by atoms with van der Waals surface area (Å²) in [4.78, 5) is 2.11. The lowest BCUT2D eigenvalue weighted by atomic mass is 9.93. The number of nitrogens with zero attached hydrogens (tertiary/aromatic N) is 3. The van der Waals surface area contributed by atoms with Crippen LogP contribution in [0.15, 0.2) is 0 Å². The number of rotatable bonds is 2.